The van der Waals surface area contributed by atoms with Gasteiger partial charge in [-0.3, -0.25) is 4.90 Å². The third-order valence-corrected chi connectivity index (χ3v) is 4.65. The highest BCUT2D eigenvalue weighted by Gasteiger charge is 2.39. The molecule has 2 rings (SSSR count). The molecule has 1 saturated heterocycles. The van der Waals surface area contributed by atoms with Crippen molar-refractivity contribution in [3.63, 3.8) is 0 Å². The predicted octanol–water partition coefficient (Wildman–Crippen LogP) is 2.04. The van der Waals surface area contributed by atoms with Crippen molar-refractivity contribution in [2.24, 2.45) is 5.92 Å². The monoisotopic (exact) mass is 241 g/mol. The molecule has 1 N–H and O–H groups in total. The lowest BCUT2D eigenvalue weighted by molar-refractivity contribution is -0.0849. The molecule has 17 heavy (non-hydrogen) atoms. The van der Waals surface area contributed by atoms with Gasteiger partial charge in [-0.25, -0.2) is 0 Å². The minimum Gasteiger partial charge on any atom is -0.391 e. The van der Waals surface area contributed by atoms with E-state index in [9.17, 15) is 5.11 Å². The van der Waals surface area contributed by atoms with E-state index in [0.29, 0.717) is 5.92 Å². The van der Waals surface area contributed by atoms with Gasteiger partial charge >= 0.3 is 0 Å². The van der Waals surface area contributed by atoms with Crippen LogP contribution in [0.2, 0.25) is 0 Å². The molecular formula is C14H27NO2. The van der Waals surface area contributed by atoms with Gasteiger partial charge in [-0.1, -0.05) is 19.3 Å². The molecule has 1 heterocycles. The first-order valence-corrected chi connectivity index (χ1v) is 7.13. The smallest absolute Gasteiger partial charge is 0.0746 e. The van der Waals surface area contributed by atoms with E-state index in [4.69, 9.17) is 4.74 Å². The lowest BCUT2D eigenvalue weighted by atomic mass is 9.77. The molecule has 0 spiro atoms. The number of ether oxygens (including phenoxy) is 1. The summed E-state index contributed by atoms with van der Waals surface area (Å²) in [5.41, 5.74) is -0.105. The second-order valence-electron chi connectivity index (χ2n) is 6.10. The normalized spacial score (nSPS) is 27.0. The van der Waals surface area contributed by atoms with E-state index in [-0.39, 0.29) is 11.6 Å². The van der Waals surface area contributed by atoms with Gasteiger partial charge in [0.05, 0.1) is 19.3 Å². The third-order valence-electron chi connectivity index (χ3n) is 4.65. The van der Waals surface area contributed by atoms with Gasteiger partial charge in [0.1, 0.15) is 0 Å². The van der Waals surface area contributed by atoms with Crippen LogP contribution in [-0.2, 0) is 4.74 Å². The Kier molecular flexibility index (Phi) is 4.45. The van der Waals surface area contributed by atoms with Crippen LogP contribution in [0.1, 0.15) is 46.0 Å². The maximum Gasteiger partial charge on any atom is 0.0746 e. The molecule has 0 aromatic rings. The van der Waals surface area contributed by atoms with Crippen LogP contribution in [0.25, 0.3) is 0 Å². The average Bonchev–Trinajstić information content (AvgIpc) is 2.40. The number of hydrogen-bond donors (Lipinski definition) is 1. The molecule has 2 fully saturated rings. The van der Waals surface area contributed by atoms with Crippen molar-refractivity contribution >= 4 is 0 Å². The fraction of sp³-hybridized carbons (Fsp3) is 1.00. The molecule has 3 heteroatoms. The zero-order valence-electron chi connectivity index (χ0n) is 11.3. The van der Waals surface area contributed by atoms with Gasteiger partial charge in [0.15, 0.2) is 0 Å². The van der Waals surface area contributed by atoms with E-state index in [1.54, 1.807) is 0 Å². The highest BCUT2D eigenvalue weighted by atomic mass is 16.5. The molecule has 1 aliphatic heterocycles. The van der Waals surface area contributed by atoms with E-state index in [2.05, 4.69) is 18.7 Å². The number of rotatable bonds is 3. The van der Waals surface area contributed by atoms with Crippen LogP contribution in [-0.4, -0.2) is 48.0 Å². The van der Waals surface area contributed by atoms with Crippen LogP contribution in [0, 0.1) is 5.92 Å². The minimum absolute atomic E-state index is 0.105. The molecule has 1 atom stereocenters. The van der Waals surface area contributed by atoms with E-state index >= 15 is 0 Å². The fourth-order valence-electron chi connectivity index (χ4n) is 3.35. The second kappa shape index (κ2) is 5.68. The highest BCUT2D eigenvalue weighted by Crippen LogP contribution is 2.33. The number of aliphatic hydroxyl groups excluding tert-OH is 1. The molecule has 0 amide bonds. The zero-order chi connectivity index (χ0) is 12.3. The highest BCUT2D eigenvalue weighted by molar-refractivity contribution is 4.93. The van der Waals surface area contributed by atoms with E-state index in [1.165, 1.54) is 32.1 Å². The third kappa shape index (κ3) is 3.01. The summed E-state index contributed by atoms with van der Waals surface area (Å²) in [6.07, 6.45) is 6.15. The first-order valence-electron chi connectivity index (χ1n) is 7.13. The summed E-state index contributed by atoms with van der Waals surface area (Å²) in [4.78, 5) is 2.40. The first kappa shape index (κ1) is 13.3. The lowest BCUT2D eigenvalue weighted by Gasteiger charge is -2.46. The largest absolute Gasteiger partial charge is 0.391 e. The Morgan fingerprint density at radius 2 is 1.71 bits per heavy atom. The summed E-state index contributed by atoms with van der Waals surface area (Å²) in [6, 6.07) is 0. The second-order valence-corrected chi connectivity index (χ2v) is 6.10. The van der Waals surface area contributed by atoms with Crippen LogP contribution < -0.4 is 0 Å². The Morgan fingerprint density at radius 3 is 2.29 bits per heavy atom. The molecule has 2 aliphatic rings. The van der Waals surface area contributed by atoms with Gasteiger partial charge in [0.25, 0.3) is 0 Å². The van der Waals surface area contributed by atoms with Crippen molar-refractivity contribution in [2.45, 2.75) is 57.6 Å². The van der Waals surface area contributed by atoms with Gasteiger partial charge in [-0.05, 0) is 32.6 Å². The Morgan fingerprint density at radius 1 is 1.12 bits per heavy atom. The molecule has 0 aromatic heterocycles. The maximum absolute atomic E-state index is 10.7. The summed E-state index contributed by atoms with van der Waals surface area (Å²) >= 11 is 0. The first-order chi connectivity index (χ1) is 8.12. The van der Waals surface area contributed by atoms with Gasteiger partial charge in [0, 0.05) is 18.6 Å². The summed E-state index contributed by atoms with van der Waals surface area (Å²) in [5, 5.41) is 10.7. The van der Waals surface area contributed by atoms with Crippen LogP contribution in [0.15, 0.2) is 0 Å². The molecule has 1 saturated carbocycles. The molecule has 3 nitrogen and oxygen atoms in total. The SMILES string of the molecule is CC(C)(C(O)C1CCCCC1)N1CCOCC1. The van der Waals surface area contributed by atoms with Crippen LogP contribution in [0.5, 0.6) is 0 Å². The molecule has 100 valence electrons. The van der Waals surface area contributed by atoms with Gasteiger partial charge < -0.3 is 9.84 Å². The van der Waals surface area contributed by atoms with Crippen molar-refractivity contribution in [2.75, 3.05) is 26.3 Å². The van der Waals surface area contributed by atoms with Gasteiger partial charge in [-0.2, -0.15) is 0 Å². The molecule has 1 aliphatic carbocycles. The minimum atomic E-state index is -0.194. The van der Waals surface area contributed by atoms with Crippen molar-refractivity contribution in [1.82, 2.24) is 4.90 Å². The zero-order valence-corrected chi connectivity index (χ0v) is 11.3. The van der Waals surface area contributed by atoms with E-state index in [0.717, 1.165) is 26.3 Å². The predicted molar refractivity (Wildman–Crippen MR) is 69.1 cm³/mol. The Balaban J connectivity index is 1.96. The summed E-state index contributed by atoms with van der Waals surface area (Å²) < 4.78 is 5.40. The van der Waals surface area contributed by atoms with E-state index < -0.39 is 0 Å². The lowest BCUT2D eigenvalue weighted by Crippen LogP contribution is -2.58. The molecular weight excluding hydrogens is 214 g/mol. The average molecular weight is 241 g/mol. The van der Waals surface area contributed by atoms with Crippen molar-refractivity contribution in [3.8, 4) is 0 Å². The topological polar surface area (TPSA) is 32.7 Å². The molecule has 1 unspecified atom stereocenters. The Bertz CT molecular complexity index is 230. The number of morpholine rings is 1. The number of aliphatic hydroxyl groups is 1. The van der Waals surface area contributed by atoms with Gasteiger partial charge in [0.2, 0.25) is 0 Å². The summed E-state index contributed by atoms with van der Waals surface area (Å²) in [7, 11) is 0. The van der Waals surface area contributed by atoms with Crippen molar-refractivity contribution in [3.05, 3.63) is 0 Å². The van der Waals surface area contributed by atoms with Crippen molar-refractivity contribution < 1.29 is 9.84 Å². The van der Waals surface area contributed by atoms with Crippen LogP contribution >= 0.6 is 0 Å². The van der Waals surface area contributed by atoms with Crippen molar-refractivity contribution in [1.29, 1.82) is 0 Å². The Hall–Kier alpha value is -0.120. The summed E-state index contributed by atoms with van der Waals surface area (Å²) in [5.74, 6) is 0.501. The molecule has 0 bridgehead atoms. The number of hydrogen-bond acceptors (Lipinski definition) is 3. The maximum atomic E-state index is 10.7. The fourth-order valence-corrected chi connectivity index (χ4v) is 3.35. The Labute approximate surface area is 105 Å². The number of nitrogens with zero attached hydrogens (tertiary/aromatic N) is 1. The van der Waals surface area contributed by atoms with Crippen LogP contribution in [0.4, 0.5) is 0 Å². The quantitative estimate of drug-likeness (QED) is 0.821. The molecule has 0 aromatic carbocycles. The standard InChI is InChI=1S/C14H27NO2/c1-14(2,15-8-10-17-11-9-15)13(16)12-6-4-3-5-7-12/h12-13,16H,3-11H2,1-2H3. The molecule has 0 radical (unpaired) electrons. The van der Waals surface area contributed by atoms with Gasteiger partial charge in [-0.15, -0.1) is 0 Å². The summed E-state index contributed by atoms with van der Waals surface area (Å²) in [6.45, 7) is 7.91. The van der Waals surface area contributed by atoms with E-state index in [1.807, 2.05) is 0 Å². The van der Waals surface area contributed by atoms with Crippen LogP contribution in [0.3, 0.4) is 0 Å².